The molecule has 0 aliphatic rings. The Kier molecular flexibility index (Phi) is 4.56. The number of aryl methyl sites for hydroxylation is 1. The summed E-state index contributed by atoms with van der Waals surface area (Å²) in [5.74, 6) is 1.33. The lowest BCUT2D eigenvalue weighted by Gasteiger charge is -2.08. The summed E-state index contributed by atoms with van der Waals surface area (Å²) in [4.78, 5) is 3.95. The van der Waals surface area contributed by atoms with Crippen molar-refractivity contribution in [1.82, 2.24) is 15.2 Å². The van der Waals surface area contributed by atoms with E-state index in [9.17, 15) is 5.11 Å². The van der Waals surface area contributed by atoms with E-state index in [-0.39, 0.29) is 0 Å². The highest BCUT2D eigenvalue weighted by Crippen LogP contribution is 2.24. The molecular weight excluding hydrogens is 302 g/mol. The highest BCUT2D eigenvalue weighted by atomic mass is 35.5. The molecule has 0 bridgehead atoms. The second-order valence-electron chi connectivity index (χ2n) is 5.06. The van der Waals surface area contributed by atoms with Gasteiger partial charge in [-0.25, -0.2) is 4.98 Å². The molecule has 0 saturated heterocycles. The van der Waals surface area contributed by atoms with Crippen molar-refractivity contribution >= 4 is 11.6 Å². The van der Waals surface area contributed by atoms with Crippen LogP contribution in [-0.2, 0) is 12.8 Å². The van der Waals surface area contributed by atoms with Crippen molar-refractivity contribution in [1.29, 1.82) is 0 Å². The lowest BCUT2D eigenvalue weighted by atomic mass is 10.0. The van der Waals surface area contributed by atoms with Gasteiger partial charge in [-0.15, -0.1) is 0 Å². The zero-order chi connectivity index (χ0) is 15.4. The summed E-state index contributed by atoms with van der Waals surface area (Å²) in [6.07, 6.45) is 4.22. The largest absolute Gasteiger partial charge is 0.469 e. The molecule has 0 radical (unpaired) electrons. The van der Waals surface area contributed by atoms with Crippen molar-refractivity contribution in [3.8, 4) is 0 Å². The van der Waals surface area contributed by atoms with Crippen LogP contribution in [0.2, 0.25) is 5.02 Å². The second-order valence-corrected chi connectivity index (χ2v) is 5.47. The zero-order valence-electron chi connectivity index (χ0n) is 11.9. The van der Waals surface area contributed by atoms with Gasteiger partial charge in [0.05, 0.1) is 6.26 Å². The minimum absolute atomic E-state index is 0.471. The molecule has 0 amide bonds. The van der Waals surface area contributed by atoms with Crippen molar-refractivity contribution in [2.75, 3.05) is 0 Å². The molecule has 5 nitrogen and oxygen atoms in total. The van der Waals surface area contributed by atoms with Crippen molar-refractivity contribution < 1.29 is 9.52 Å². The molecule has 1 unspecified atom stereocenters. The van der Waals surface area contributed by atoms with E-state index >= 15 is 0 Å². The first-order valence-electron chi connectivity index (χ1n) is 7.06. The van der Waals surface area contributed by atoms with Gasteiger partial charge < -0.3 is 9.52 Å². The van der Waals surface area contributed by atoms with Crippen LogP contribution < -0.4 is 0 Å². The maximum absolute atomic E-state index is 10.0. The minimum atomic E-state index is -0.680. The van der Waals surface area contributed by atoms with Crippen LogP contribution in [0.15, 0.2) is 47.3 Å². The third-order valence-electron chi connectivity index (χ3n) is 3.57. The first-order chi connectivity index (χ1) is 10.7. The summed E-state index contributed by atoms with van der Waals surface area (Å²) >= 11 is 6.20. The van der Waals surface area contributed by atoms with Crippen molar-refractivity contribution in [3.05, 3.63) is 70.7 Å². The highest BCUT2D eigenvalue weighted by molar-refractivity contribution is 6.31. The molecule has 0 fully saturated rings. The smallest absolute Gasteiger partial charge is 0.153 e. The number of H-pyrrole nitrogens is 1. The predicted octanol–water partition coefficient (Wildman–Crippen LogP) is 3.31. The fraction of sp³-hybridized carbons (Fsp3) is 0.250. The van der Waals surface area contributed by atoms with Gasteiger partial charge in [0, 0.05) is 17.9 Å². The van der Waals surface area contributed by atoms with Gasteiger partial charge in [-0.1, -0.05) is 29.8 Å². The van der Waals surface area contributed by atoms with E-state index in [2.05, 4.69) is 15.2 Å². The number of nitrogens with one attached hydrogen (secondary N) is 1. The molecule has 22 heavy (non-hydrogen) atoms. The number of aliphatic hydroxyl groups is 1. The SMILES string of the molecule is OC(CCc1occc1Cc1ccccc1Cl)c1ncn[nH]1. The Morgan fingerprint density at radius 1 is 1.23 bits per heavy atom. The zero-order valence-corrected chi connectivity index (χ0v) is 12.6. The lowest BCUT2D eigenvalue weighted by Crippen LogP contribution is -2.03. The fourth-order valence-corrected chi connectivity index (χ4v) is 2.57. The normalized spacial score (nSPS) is 12.5. The number of rotatable bonds is 6. The number of benzene rings is 1. The van der Waals surface area contributed by atoms with Gasteiger partial charge in [-0.2, -0.15) is 5.10 Å². The number of aromatic amines is 1. The summed E-state index contributed by atoms with van der Waals surface area (Å²) < 4.78 is 5.54. The Morgan fingerprint density at radius 2 is 2.09 bits per heavy atom. The van der Waals surface area contributed by atoms with E-state index in [1.807, 2.05) is 30.3 Å². The van der Waals surface area contributed by atoms with Crippen LogP contribution in [0.4, 0.5) is 0 Å². The van der Waals surface area contributed by atoms with Crippen LogP contribution in [-0.4, -0.2) is 20.3 Å². The maximum atomic E-state index is 10.0. The summed E-state index contributed by atoms with van der Waals surface area (Å²) in [5.41, 5.74) is 2.14. The second kappa shape index (κ2) is 6.77. The maximum Gasteiger partial charge on any atom is 0.153 e. The van der Waals surface area contributed by atoms with E-state index in [4.69, 9.17) is 16.0 Å². The third-order valence-corrected chi connectivity index (χ3v) is 3.94. The topological polar surface area (TPSA) is 74.9 Å². The minimum Gasteiger partial charge on any atom is -0.469 e. The Labute approximate surface area is 133 Å². The van der Waals surface area contributed by atoms with Gasteiger partial charge in [0.1, 0.15) is 18.2 Å². The summed E-state index contributed by atoms with van der Waals surface area (Å²) in [7, 11) is 0. The Hall–Kier alpha value is -2.11. The van der Waals surface area contributed by atoms with Gasteiger partial charge in [0.2, 0.25) is 0 Å². The predicted molar refractivity (Wildman–Crippen MR) is 82.6 cm³/mol. The number of furan rings is 1. The van der Waals surface area contributed by atoms with Gasteiger partial charge in [-0.3, -0.25) is 5.10 Å². The molecule has 1 aromatic carbocycles. The molecule has 1 atom stereocenters. The van der Waals surface area contributed by atoms with Gasteiger partial charge in [-0.05, 0) is 29.7 Å². The monoisotopic (exact) mass is 317 g/mol. The molecule has 2 N–H and O–H groups in total. The molecule has 3 aromatic rings. The molecule has 0 saturated carbocycles. The van der Waals surface area contributed by atoms with E-state index in [0.29, 0.717) is 25.1 Å². The van der Waals surface area contributed by atoms with Crippen LogP contribution in [0.25, 0.3) is 0 Å². The molecular formula is C16H16ClN3O2. The molecule has 2 heterocycles. The summed E-state index contributed by atoms with van der Waals surface area (Å²) in [5, 5.41) is 17.2. The van der Waals surface area contributed by atoms with Crippen LogP contribution in [0.3, 0.4) is 0 Å². The quantitative estimate of drug-likeness (QED) is 0.731. The molecule has 114 valence electrons. The highest BCUT2D eigenvalue weighted by Gasteiger charge is 2.14. The van der Waals surface area contributed by atoms with Crippen molar-refractivity contribution in [3.63, 3.8) is 0 Å². The average molecular weight is 318 g/mol. The summed E-state index contributed by atoms with van der Waals surface area (Å²) in [6.45, 7) is 0. The standard InChI is InChI=1S/C16H16ClN3O2/c17-13-4-2-1-3-11(13)9-12-7-8-22-15(12)6-5-14(21)16-18-10-19-20-16/h1-4,7-8,10,14,21H,5-6,9H2,(H,18,19,20). The molecule has 0 spiro atoms. The van der Waals surface area contributed by atoms with Gasteiger partial charge >= 0.3 is 0 Å². The third kappa shape index (κ3) is 3.37. The van der Waals surface area contributed by atoms with Gasteiger partial charge in [0.25, 0.3) is 0 Å². The number of aliphatic hydroxyl groups excluding tert-OH is 1. The molecule has 0 aliphatic carbocycles. The number of aromatic nitrogens is 3. The van der Waals surface area contributed by atoms with Crippen LogP contribution in [0, 0.1) is 0 Å². The van der Waals surface area contributed by atoms with Crippen LogP contribution >= 0.6 is 11.6 Å². The van der Waals surface area contributed by atoms with E-state index in [0.717, 1.165) is 21.9 Å². The van der Waals surface area contributed by atoms with E-state index < -0.39 is 6.10 Å². The van der Waals surface area contributed by atoms with E-state index in [1.54, 1.807) is 6.26 Å². The molecule has 0 aliphatic heterocycles. The van der Waals surface area contributed by atoms with Crippen LogP contribution in [0.1, 0.15) is 35.2 Å². The fourth-order valence-electron chi connectivity index (χ4n) is 2.37. The lowest BCUT2D eigenvalue weighted by molar-refractivity contribution is 0.156. The first-order valence-corrected chi connectivity index (χ1v) is 7.44. The number of halogens is 1. The summed E-state index contributed by atoms with van der Waals surface area (Å²) in [6, 6.07) is 9.71. The Bertz CT molecular complexity index is 725. The van der Waals surface area contributed by atoms with E-state index in [1.165, 1.54) is 6.33 Å². The Balaban J connectivity index is 1.66. The number of hydrogen-bond acceptors (Lipinski definition) is 4. The first kappa shape index (κ1) is 14.8. The number of hydrogen-bond donors (Lipinski definition) is 2. The van der Waals surface area contributed by atoms with Crippen LogP contribution in [0.5, 0.6) is 0 Å². The van der Waals surface area contributed by atoms with Gasteiger partial charge in [0.15, 0.2) is 5.82 Å². The van der Waals surface area contributed by atoms with Crippen molar-refractivity contribution in [2.45, 2.75) is 25.4 Å². The average Bonchev–Trinajstić information content (AvgIpc) is 3.19. The molecule has 3 rings (SSSR count). The molecule has 2 aromatic heterocycles. The molecule has 6 heteroatoms. The Morgan fingerprint density at radius 3 is 2.86 bits per heavy atom. The van der Waals surface area contributed by atoms with Crippen molar-refractivity contribution in [2.24, 2.45) is 0 Å². The number of nitrogens with zero attached hydrogens (tertiary/aromatic N) is 2.